The van der Waals surface area contributed by atoms with Gasteiger partial charge >= 0.3 is 18.0 Å². The predicted molar refractivity (Wildman–Crippen MR) is 58.5 cm³/mol. The number of ether oxygens (including phenoxy) is 2. The van der Waals surface area contributed by atoms with Crippen molar-refractivity contribution in [3.05, 3.63) is 27.6 Å². The summed E-state index contributed by atoms with van der Waals surface area (Å²) in [5.74, 6) is -3.24. The predicted octanol–water partition coefficient (Wildman–Crippen LogP) is 3.00. The first kappa shape index (κ1) is 17.5. The molecule has 7 nitrogen and oxygen atoms in total. The Kier molecular flexibility index (Phi) is 5.17. The Balaban J connectivity index is 3.61. The van der Waals surface area contributed by atoms with Crippen molar-refractivity contribution in [3.63, 3.8) is 0 Å². The molecule has 12 heteroatoms. The van der Waals surface area contributed by atoms with Crippen LogP contribution in [0.5, 0.6) is 5.75 Å². The van der Waals surface area contributed by atoms with E-state index < -0.39 is 46.4 Å². The zero-order valence-corrected chi connectivity index (χ0v) is 10.7. The van der Waals surface area contributed by atoms with Gasteiger partial charge in [0.05, 0.1) is 11.5 Å². The van der Waals surface area contributed by atoms with Gasteiger partial charge in [0, 0.05) is 6.20 Å². The van der Waals surface area contributed by atoms with Crippen LogP contribution < -0.4 is 4.74 Å². The van der Waals surface area contributed by atoms with Crippen LogP contribution in [0.2, 0.25) is 0 Å². The van der Waals surface area contributed by atoms with Crippen molar-refractivity contribution in [1.29, 1.82) is 0 Å². The maximum atomic E-state index is 12.7. The Morgan fingerprint density at radius 1 is 1.45 bits per heavy atom. The molecule has 0 amide bonds. The zero-order valence-electron chi connectivity index (χ0n) is 10.7. The average molecular weight is 330 g/mol. The Morgan fingerprint density at radius 2 is 2.05 bits per heavy atom. The van der Waals surface area contributed by atoms with E-state index >= 15 is 0 Å². The Hall–Kier alpha value is -2.53. The number of hydrogen-bond donors (Lipinski definition) is 0. The van der Waals surface area contributed by atoms with Gasteiger partial charge in [0.15, 0.2) is 11.3 Å². The number of nitro groups is 1. The number of halogens is 5. The van der Waals surface area contributed by atoms with Crippen molar-refractivity contribution < 1.29 is 41.1 Å². The number of rotatable bonds is 5. The molecule has 0 unspecified atom stereocenters. The Labute approximate surface area is 118 Å². The van der Waals surface area contributed by atoms with Crippen molar-refractivity contribution in [1.82, 2.24) is 4.98 Å². The summed E-state index contributed by atoms with van der Waals surface area (Å²) in [5, 5.41) is 10.9. The van der Waals surface area contributed by atoms with Crippen LogP contribution in [-0.2, 0) is 4.74 Å². The van der Waals surface area contributed by atoms with Gasteiger partial charge in [-0.05, 0) is 6.92 Å². The number of pyridine rings is 1. The molecule has 0 aromatic carbocycles. The normalized spacial score (nSPS) is 11.4. The summed E-state index contributed by atoms with van der Waals surface area (Å²) in [6.07, 6.45) is -8.75. The molecule has 1 aromatic heterocycles. The van der Waals surface area contributed by atoms with Gasteiger partial charge in [0.1, 0.15) is 0 Å². The summed E-state index contributed by atoms with van der Waals surface area (Å²) in [6.45, 7) is 1.08. The molecule has 0 radical (unpaired) electrons. The van der Waals surface area contributed by atoms with Crippen LogP contribution in [0.15, 0.2) is 6.20 Å². The summed E-state index contributed by atoms with van der Waals surface area (Å²) >= 11 is 0. The molecule has 22 heavy (non-hydrogen) atoms. The standard InChI is InChI=1S/C10H7F5N2O5/c1-2-21-9(18)4-3-16-5(8(11)12)7(6(4)17(19)20)22-10(13,14)15/h3,8H,2H2,1H3. The van der Waals surface area contributed by atoms with E-state index in [1.165, 1.54) is 6.92 Å². The van der Waals surface area contributed by atoms with Gasteiger partial charge in [0.2, 0.25) is 5.75 Å². The lowest BCUT2D eigenvalue weighted by molar-refractivity contribution is -0.389. The maximum absolute atomic E-state index is 12.7. The monoisotopic (exact) mass is 330 g/mol. The lowest BCUT2D eigenvalue weighted by Crippen LogP contribution is -2.21. The molecular formula is C10H7F5N2O5. The fraction of sp³-hybridized carbons (Fsp3) is 0.400. The molecule has 0 saturated heterocycles. The van der Waals surface area contributed by atoms with E-state index in [2.05, 4.69) is 14.5 Å². The minimum atomic E-state index is -5.50. The van der Waals surface area contributed by atoms with Crippen LogP contribution in [0.4, 0.5) is 27.6 Å². The molecule has 0 aliphatic rings. The fourth-order valence-corrected chi connectivity index (χ4v) is 1.41. The largest absolute Gasteiger partial charge is 0.573 e. The average Bonchev–Trinajstić information content (AvgIpc) is 2.35. The van der Waals surface area contributed by atoms with Crippen LogP contribution in [0.25, 0.3) is 0 Å². The second-order valence-electron chi connectivity index (χ2n) is 3.56. The van der Waals surface area contributed by atoms with Crippen LogP contribution in [0, 0.1) is 10.1 Å². The summed E-state index contributed by atoms with van der Waals surface area (Å²) in [6, 6.07) is 0. The fourth-order valence-electron chi connectivity index (χ4n) is 1.41. The molecule has 0 aliphatic carbocycles. The van der Waals surface area contributed by atoms with Crippen LogP contribution >= 0.6 is 0 Å². The number of alkyl halides is 5. The molecule has 0 fully saturated rings. The van der Waals surface area contributed by atoms with Gasteiger partial charge in [0.25, 0.3) is 6.43 Å². The smallest absolute Gasteiger partial charge is 0.462 e. The molecule has 122 valence electrons. The van der Waals surface area contributed by atoms with E-state index in [0.29, 0.717) is 6.20 Å². The lowest BCUT2D eigenvalue weighted by Gasteiger charge is -2.13. The molecular weight excluding hydrogens is 323 g/mol. The summed E-state index contributed by atoms with van der Waals surface area (Å²) in [4.78, 5) is 23.8. The molecule has 1 rings (SSSR count). The quantitative estimate of drug-likeness (QED) is 0.357. The molecule has 1 heterocycles. The molecule has 0 spiro atoms. The Morgan fingerprint density at radius 3 is 2.45 bits per heavy atom. The first-order chi connectivity index (χ1) is 10.1. The third-order valence-electron chi connectivity index (χ3n) is 2.14. The highest BCUT2D eigenvalue weighted by Crippen LogP contribution is 2.40. The molecule has 0 aliphatic heterocycles. The first-order valence-electron chi connectivity index (χ1n) is 5.46. The van der Waals surface area contributed by atoms with Crippen LogP contribution in [0.1, 0.15) is 29.4 Å². The highest BCUT2D eigenvalue weighted by molar-refractivity contribution is 5.95. The second kappa shape index (κ2) is 6.49. The van der Waals surface area contributed by atoms with Crippen molar-refractivity contribution >= 4 is 11.7 Å². The number of nitrogens with zero attached hydrogens (tertiary/aromatic N) is 2. The summed E-state index contributed by atoms with van der Waals surface area (Å²) < 4.78 is 69.8. The minimum absolute atomic E-state index is 0.248. The first-order valence-corrected chi connectivity index (χ1v) is 5.46. The summed E-state index contributed by atoms with van der Waals surface area (Å²) in [5.41, 5.74) is -4.24. The van der Waals surface area contributed by atoms with Gasteiger partial charge in [-0.25, -0.2) is 18.6 Å². The second-order valence-corrected chi connectivity index (χ2v) is 3.56. The highest BCUT2D eigenvalue weighted by atomic mass is 19.4. The number of hydrogen-bond acceptors (Lipinski definition) is 6. The van der Waals surface area contributed by atoms with E-state index in [0.717, 1.165) is 0 Å². The van der Waals surface area contributed by atoms with E-state index in [4.69, 9.17) is 0 Å². The van der Waals surface area contributed by atoms with E-state index in [9.17, 15) is 36.9 Å². The molecule has 1 aromatic rings. The van der Waals surface area contributed by atoms with Gasteiger partial charge in [-0.15, -0.1) is 13.2 Å². The highest BCUT2D eigenvalue weighted by Gasteiger charge is 2.41. The molecule has 0 atom stereocenters. The number of carbonyl (C=O) groups is 1. The van der Waals surface area contributed by atoms with Gasteiger partial charge < -0.3 is 9.47 Å². The number of esters is 1. The SMILES string of the molecule is CCOC(=O)c1cnc(C(F)F)c(OC(F)(F)F)c1[N+](=O)[O-]. The maximum Gasteiger partial charge on any atom is 0.573 e. The number of aromatic nitrogens is 1. The van der Waals surface area contributed by atoms with Crippen molar-refractivity contribution in [3.8, 4) is 5.75 Å². The van der Waals surface area contributed by atoms with Crippen LogP contribution in [-0.4, -0.2) is 28.8 Å². The van der Waals surface area contributed by atoms with E-state index in [-0.39, 0.29) is 6.61 Å². The van der Waals surface area contributed by atoms with Gasteiger partial charge in [-0.1, -0.05) is 0 Å². The third kappa shape index (κ3) is 3.99. The number of carbonyl (C=O) groups excluding carboxylic acids is 1. The van der Waals surface area contributed by atoms with E-state index in [1.807, 2.05) is 0 Å². The molecule has 0 bridgehead atoms. The topological polar surface area (TPSA) is 91.6 Å². The van der Waals surface area contributed by atoms with Crippen molar-refractivity contribution in [2.24, 2.45) is 0 Å². The molecule has 0 N–H and O–H groups in total. The summed E-state index contributed by atoms with van der Waals surface area (Å²) in [7, 11) is 0. The lowest BCUT2D eigenvalue weighted by atomic mass is 10.2. The van der Waals surface area contributed by atoms with Gasteiger partial charge in [-0.3, -0.25) is 10.1 Å². The third-order valence-corrected chi connectivity index (χ3v) is 2.14. The zero-order chi connectivity index (χ0) is 17.1. The minimum Gasteiger partial charge on any atom is -0.462 e. The van der Waals surface area contributed by atoms with Crippen molar-refractivity contribution in [2.75, 3.05) is 6.61 Å². The van der Waals surface area contributed by atoms with Crippen molar-refractivity contribution in [2.45, 2.75) is 19.7 Å². The molecule has 0 saturated carbocycles. The van der Waals surface area contributed by atoms with Crippen LogP contribution in [0.3, 0.4) is 0 Å². The van der Waals surface area contributed by atoms with Gasteiger partial charge in [-0.2, -0.15) is 0 Å². The Bertz CT molecular complexity index is 590. The van der Waals surface area contributed by atoms with E-state index in [1.54, 1.807) is 0 Å².